The Balaban J connectivity index is 1.75. The molecule has 1 aromatic heterocycles. The molecule has 0 spiro atoms. The van der Waals surface area contributed by atoms with Gasteiger partial charge in [-0.1, -0.05) is 30.3 Å². The Kier molecular flexibility index (Phi) is 5.54. The first-order valence-electron chi connectivity index (χ1n) is 8.96. The van der Waals surface area contributed by atoms with Gasteiger partial charge in [-0.3, -0.25) is 9.59 Å². The van der Waals surface area contributed by atoms with Crippen molar-refractivity contribution in [3.8, 4) is 5.75 Å². The zero-order chi connectivity index (χ0) is 19.4. The Labute approximate surface area is 157 Å². The van der Waals surface area contributed by atoms with Gasteiger partial charge < -0.3 is 10.1 Å². The highest BCUT2D eigenvalue weighted by molar-refractivity contribution is 5.88. The molecule has 1 atom stereocenters. The molecule has 0 aliphatic rings. The summed E-state index contributed by atoms with van der Waals surface area (Å²) in [6.45, 7) is 4.49. The van der Waals surface area contributed by atoms with Crippen molar-refractivity contribution in [2.75, 3.05) is 6.61 Å². The Morgan fingerprint density at radius 3 is 2.48 bits per heavy atom. The molecule has 0 aliphatic carbocycles. The summed E-state index contributed by atoms with van der Waals surface area (Å²) in [6, 6.07) is 14.7. The molecule has 0 bridgehead atoms. The monoisotopic (exact) mass is 365 g/mol. The van der Waals surface area contributed by atoms with Gasteiger partial charge in [0.1, 0.15) is 5.75 Å². The van der Waals surface area contributed by atoms with Gasteiger partial charge >= 0.3 is 0 Å². The minimum absolute atomic E-state index is 0.107. The topological polar surface area (TPSA) is 73.2 Å². The second-order valence-electron chi connectivity index (χ2n) is 6.39. The van der Waals surface area contributed by atoms with Gasteiger partial charge in [0.05, 0.1) is 30.1 Å². The lowest BCUT2D eigenvalue weighted by atomic mass is 10.1. The van der Waals surface area contributed by atoms with Crippen molar-refractivity contribution in [2.24, 2.45) is 7.05 Å². The molecule has 6 heteroatoms. The molecule has 2 aromatic carbocycles. The van der Waals surface area contributed by atoms with Crippen molar-refractivity contribution < 1.29 is 9.53 Å². The lowest BCUT2D eigenvalue weighted by molar-refractivity contribution is -0.121. The lowest BCUT2D eigenvalue weighted by Crippen LogP contribution is -2.30. The maximum absolute atomic E-state index is 12.5. The number of aromatic nitrogens is 2. The molecule has 1 N–H and O–H groups in total. The van der Waals surface area contributed by atoms with E-state index in [-0.39, 0.29) is 23.9 Å². The van der Waals surface area contributed by atoms with E-state index in [9.17, 15) is 9.59 Å². The van der Waals surface area contributed by atoms with Crippen molar-refractivity contribution in [2.45, 2.75) is 26.3 Å². The van der Waals surface area contributed by atoms with Crippen LogP contribution in [0, 0.1) is 0 Å². The third kappa shape index (κ3) is 4.16. The van der Waals surface area contributed by atoms with Gasteiger partial charge in [0.25, 0.3) is 5.56 Å². The van der Waals surface area contributed by atoms with Gasteiger partial charge in [-0.05, 0) is 37.6 Å². The molecule has 140 valence electrons. The fourth-order valence-corrected chi connectivity index (χ4v) is 3.05. The largest absolute Gasteiger partial charge is 0.494 e. The summed E-state index contributed by atoms with van der Waals surface area (Å²) in [5, 5.41) is 8.55. The molecule has 27 heavy (non-hydrogen) atoms. The van der Waals surface area contributed by atoms with Crippen LogP contribution in [0.2, 0.25) is 0 Å². The minimum Gasteiger partial charge on any atom is -0.494 e. The normalized spacial score (nSPS) is 12.0. The maximum Gasteiger partial charge on any atom is 0.274 e. The predicted molar refractivity (Wildman–Crippen MR) is 105 cm³/mol. The second kappa shape index (κ2) is 8.03. The van der Waals surface area contributed by atoms with Crippen molar-refractivity contribution in [3.63, 3.8) is 0 Å². The molecular weight excluding hydrogens is 342 g/mol. The molecule has 1 amide bonds. The highest BCUT2D eigenvalue weighted by atomic mass is 16.5. The summed E-state index contributed by atoms with van der Waals surface area (Å²) in [7, 11) is 1.60. The van der Waals surface area contributed by atoms with Gasteiger partial charge in [0.2, 0.25) is 5.91 Å². The van der Waals surface area contributed by atoms with Crippen LogP contribution in [-0.2, 0) is 18.3 Å². The SMILES string of the molecule is CCOc1ccc(C(C)NC(=O)Cc2nn(C)c(=O)c3ccccc23)cc1. The van der Waals surface area contributed by atoms with E-state index in [4.69, 9.17) is 4.74 Å². The van der Waals surface area contributed by atoms with Gasteiger partial charge in [-0.15, -0.1) is 0 Å². The number of rotatable bonds is 6. The summed E-state index contributed by atoms with van der Waals surface area (Å²) in [5.41, 5.74) is 1.41. The first kappa shape index (κ1) is 18.6. The average Bonchev–Trinajstić information content (AvgIpc) is 2.66. The standard InChI is InChI=1S/C21H23N3O3/c1-4-27-16-11-9-15(10-12-16)14(2)22-20(25)13-19-17-7-5-6-8-18(17)21(26)24(3)23-19/h5-12,14H,4,13H2,1-3H3,(H,22,25). The number of aryl methyl sites for hydroxylation is 1. The van der Waals surface area contributed by atoms with Crippen LogP contribution in [0.5, 0.6) is 5.75 Å². The van der Waals surface area contributed by atoms with Crippen LogP contribution in [0.15, 0.2) is 53.3 Å². The van der Waals surface area contributed by atoms with Crippen LogP contribution in [0.25, 0.3) is 10.8 Å². The smallest absolute Gasteiger partial charge is 0.274 e. The van der Waals surface area contributed by atoms with Gasteiger partial charge in [0, 0.05) is 12.4 Å². The molecule has 0 saturated carbocycles. The Morgan fingerprint density at radius 2 is 1.81 bits per heavy atom. The molecule has 1 heterocycles. The molecule has 1 unspecified atom stereocenters. The van der Waals surface area contributed by atoms with Gasteiger partial charge in [0.15, 0.2) is 0 Å². The molecule has 3 rings (SSSR count). The van der Waals surface area contributed by atoms with Gasteiger partial charge in [-0.2, -0.15) is 5.10 Å². The Morgan fingerprint density at radius 1 is 1.15 bits per heavy atom. The van der Waals surface area contributed by atoms with Crippen LogP contribution < -0.4 is 15.6 Å². The average molecular weight is 365 g/mol. The fourth-order valence-electron chi connectivity index (χ4n) is 3.05. The zero-order valence-electron chi connectivity index (χ0n) is 15.7. The number of nitrogens with zero attached hydrogens (tertiary/aromatic N) is 2. The number of fused-ring (bicyclic) bond motifs is 1. The first-order valence-corrected chi connectivity index (χ1v) is 8.96. The molecule has 3 aromatic rings. The maximum atomic E-state index is 12.5. The van der Waals surface area contributed by atoms with E-state index in [1.807, 2.05) is 56.3 Å². The van der Waals surface area contributed by atoms with E-state index in [0.717, 1.165) is 11.3 Å². The number of nitrogens with one attached hydrogen (secondary N) is 1. The number of hydrogen-bond acceptors (Lipinski definition) is 4. The van der Waals surface area contributed by atoms with Crippen LogP contribution in [-0.4, -0.2) is 22.3 Å². The van der Waals surface area contributed by atoms with Crippen molar-refractivity contribution in [1.29, 1.82) is 0 Å². The first-order chi connectivity index (χ1) is 13.0. The van der Waals surface area contributed by atoms with Crippen LogP contribution in [0.4, 0.5) is 0 Å². The zero-order valence-corrected chi connectivity index (χ0v) is 15.7. The van der Waals surface area contributed by atoms with Crippen LogP contribution in [0.1, 0.15) is 31.1 Å². The predicted octanol–water partition coefficient (Wildman–Crippen LogP) is 2.75. The van der Waals surface area contributed by atoms with E-state index < -0.39 is 0 Å². The molecular formula is C21H23N3O3. The lowest BCUT2D eigenvalue weighted by Gasteiger charge is -2.15. The van der Waals surface area contributed by atoms with Crippen molar-refractivity contribution >= 4 is 16.7 Å². The summed E-state index contributed by atoms with van der Waals surface area (Å²) in [4.78, 5) is 24.7. The highest BCUT2D eigenvalue weighted by Gasteiger charge is 2.15. The fraction of sp³-hybridized carbons (Fsp3) is 0.286. The number of hydrogen-bond donors (Lipinski definition) is 1. The van der Waals surface area contributed by atoms with E-state index in [2.05, 4.69) is 10.4 Å². The molecule has 0 fully saturated rings. The third-order valence-corrected chi connectivity index (χ3v) is 4.43. The number of amides is 1. The van der Waals surface area contributed by atoms with E-state index in [0.29, 0.717) is 23.1 Å². The van der Waals surface area contributed by atoms with Crippen LogP contribution in [0.3, 0.4) is 0 Å². The molecule has 6 nitrogen and oxygen atoms in total. The Bertz CT molecular complexity index is 1010. The number of benzene rings is 2. The van der Waals surface area contributed by atoms with E-state index >= 15 is 0 Å². The molecule has 0 radical (unpaired) electrons. The van der Waals surface area contributed by atoms with E-state index in [1.54, 1.807) is 13.1 Å². The summed E-state index contributed by atoms with van der Waals surface area (Å²) in [6.07, 6.45) is 0.107. The quantitative estimate of drug-likeness (QED) is 0.729. The van der Waals surface area contributed by atoms with E-state index in [1.165, 1.54) is 4.68 Å². The number of ether oxygens (including phenoxy) is 1. The van der Waals surface area contributed by atoms with Crippen molar-refractivity contribution in [3.05, 3.63) is 70.1 Å². The highest BCUT2D eigenvalue weighted by Crippen LogP contribution is 2.18. The number of carbonyl (C=O) groups excluding carboxylic acids is 1. The molecule has 0 saturated heterocycles. The summed E-state index contributed by atoms with van der Waals surface area (Å²) < 4.78 is 6.72. The van der Waals surface area contributed by atoms with Crippen LogP contribution >= 0.6 is 0 Å². The van der Waals surface area contributed by atoms with Gasteiger partial charge in [-0.25, -0.2) is 4.68 Å². The second-order valence-corrected chi connectivity index (χ2v) is 6.39. The summed E-state index contributed by atoms with van der Waals surface area (Å²) in [5.74, 6) is 0.660. The third-order valence-electron chi connectivity index (χ3n) is 4.43. The number of carbonyl (C=O) groups is 1. The van der Waals surface area contributed by atoms with Crippen molar-refractivity contribution in [1.82, 2.24) is 15.1 Å². The summed E-state index contributed by atoms with van der Waals surface area (Å²) >= 11 is 0. The Hall–Kier alpha value is -3.15. The molecule has 0 aliphatic heterocycles. The minimum atomic E-state index is -0.169.